The molecule has 1 aliphatic heterocycles. The molecule has 1 spiro atoms. The molecule has 4 rings (SSSR count). The number of hydrogen-bond donors (Lipinski definition) is 1. The average molecular weight is 451 g/mol. The molecule has 2 aromatic carbocycles. The molecular weight excluding hydrogens is 433 g/mol. The van der Waals surface area contributed by atoms with Crippen LogP contribution < -0.4 is 5.73 Å². The van der Waals surface area contributed by atoms with E-state index in [4.69, 9.17) is 5.73 Å². The van der Waals surface area contributed by atoms with Crippen molar-refractivity contribution < 1.29 is 31.5 Å². The second kappa shape index (κ2) is 7.68. The summed E-state index contributed by atoms with van der Waals surface area (Å²) in [6, 6.07) is 5.35. The van der Waals surface area contributed by atoms with Crippen LogP contribution in [-0.2, 0) is 15.8 Å². The maximum absolute atomic E-state index is 13.9. The van der Waals surface area contributed by atoms with E-state index < -0.39 is 46.9 Å². The third-order valence-corrected chi connectivity index (χ3v) is 5.87. The summed E-state index contributed by atoms with van der Waals surface area (Å²) in [5.74, 6) is -3.99. The number of halogens is 5. The standard InChI is InChI=1S/C22H18F5N3O2/c23-15-8-5-13(11-16(15)24)18(19(28)31)30-20(32)17(29-21(30)9-1-2-10-21)12-3-6-14(7-4-12)22(25,26)27/h3-8,11,18H,1-2,9-10H2,(H2,28,31). The quantitative estimate of drug-likeness (QED) is 0.711. The zero-order chi connectivity index (χ0) is 23.3. The number of nitrogens with two attached hydrogens (primary N) is 1. The van der Waals surface area contributed by atoms with Crippen molar-refractivity contribution in [1.29, 1.82) is 0 Å². The lowest BCUT2D eigenvalue weighted by molar-refractivity contribution is -0.139. The van der Waals surface area contributed by atoms with E-state index in [1.165, 1.54) is 11.0 Å². The number of hydrogen-bond acceptors (Lipinski definition) is 3. The Morgan fingerprint density at radius 1 is 1.03 bits per heavy atom. The number of nitrogens with zero attached hydrogens (tertiary/aromatic N) is 2. The monoisotopic (exact) mass is 451 g/mol. The molecule has 2 aromatic rings. The van der Waals surface area contributed by atoms with Gasteiger partial charge in [0.05, 0.1) is 5.56 Å². The summed E-state index contributed by atoms with van der Waals surface area (Å²) in [6.45, 7) is 0. The molecule has 0 aromatic heterocycles. The molecule has 2 amide bonds. The number of aliphatic imine (C=N–C) groups is 1. The van der Waals surface area contributed by atoms with Crippen LogP contribution in [0.1, 0.15) is 48.4 Å². The molecule has 0 radical (unpaired) electrons. The number of alkyl halides is 3. The minimum absolute atomic E-state index is 0.0140. The van der Waals surface area contributed by atoms with E-state index in [9.17, 15) is 31.5 Å². The topological polar surface area (TPSA) is 75.8 Å². The van der Waals surface area contributed by atoms with Gasteiger partial charge in [-0.2, -0.15) is 13.2 Å². The van der Waals surface area contributed by atoms with Crippen LogP contribution in [0, 0.1) is 11.6 Å². The van der Waals surface area contributed by atoms with Crippen molar-refractivity contribution in [3.05, 3.63) is 70.8 Å². The number of carbonyl (C=O) groups is 2. The van der Waals surface area contributed by atoms with Crippen LogP contribution in [-0.4, -0.2) is 28.1 Å². The Labute approximate surface area is 179 Å². The Bertz CT molecular complexity index is 1110. The van der Waals surface area contributed by atoms with Crippen molar-refractivity contribution in [2.24, 2.45) is 10.7 Å². The van der Waals surface area contributed by atoms with Crippen LogP contribution in [0.3, 0.4) is 0 Å². The van der Waals surface area contributed by atoms with E-state index in [2.05, 4.69) is 4.99 Å². The average Bonchev–Trinajstić information content (AvgIpc) is 3.30. The lowest BCUT2D eigenvalue weighted by Gasteiger charge is -2.37. The zero-order valence-corrected chi connectivity index (χ0v) is 16.6. The summed E-state index contributed by atoms with van der Waals surface area (Å²) in [5.41, 5.74) is 3.60. The molecule has 1 fully saturated rings. The highest BCUT2D eigenvalue weighted by atomic mass is 19.4. The predicted octanol–water partition coefficient (Wildman–Crippen LogP) is 4.11. The van der Waals surface area contributed by atoms with Crippen LogP contribution >= 0.6 is 0 Å². The van der Waals surface area contributed by atoms with Gasteiger partial charge in [0, 0.05) is 5.56 Å². The van der Waals surface area contributed by atoms with Gasteiger partial charge >= 0.3 is 6.18 Å². The molecule has 1 heterocycles. The van der Waals surface area contributed by atoms with Crippen LogP contribution in [0.15, 0.2) is 47.5 Å². The van der Waals surface area contributed by atoms with Crippen molar-refractivity contribution in [3.63, 3.8) is 0 Å². The summed E-state index contributed by atoms with van der Waals surface area (Å²) in [5, 5.41) is 0. The van der Waals surface area contributed by atoms with Gasteiger partial charge in [-0.15, -0.1) is 0 Å². The minimum Gasteiger partial charge on any atom is -0.368 e. The zero-order valence-electron chi connectivity index (χ0n) is 16.6. The number of benzene rings is 2. The largest absolute Gasteiger partial charge is 0.416 e. The Balaban J connectivity index is 1.78. The summed E-state index contributed by atoms with van der Waals surface area (Å²) in [7, 11) is 0. The smallest absolute Gasteiger partial charge is 0.368 e. The Morgan fingerprint density at radius 3 is 2.19 bits per heavy atom. The molecule has 0 bridgehead atoms. The van der Waals surface area contributed by atoms with E-state index in [0.29, 0.717) is 25.7 Å². The first-order chi connectivity index (χ1) is 15.0. The minimum atomic E-state index is -4.54. The lowest BCUT2D eigenvalue weighted by atomic mass is 9.98. The lowest BCUT2D eigenvalue weighted by Crippen LogP contribution is -2.51. The first-order valence-corrected chi connectivity index (χ1v) is 9.89. The van der Waals surface area contributed by atoms with Gasteiger partial charge in [0.25, 0.3) is 5.91 Å². The highest BCUT2D eigenvalue weighted by molar-refractivity contribution is 6.47. The van der Waals surface area contributed by atoms with Gasteiger partial charge in [0.2, 0.25) is 5.91 Å². The van der Waals surface area contributed by atoms with Gasteiger partial charge < -0.3 is 5.73 Å². The van der Waals surface area contributed by atoms with Gasteiger partial charge in [-0.1, -0.05) is 18.2 Å². The molecule has 0 saturated heterocycles. The highest BCUT2D eigenvalue weighted by Crippen LogP contribution is 2.45. The van der Waals surface area contributed by atoms with Crippen LogP contribution in [0.4, 0.5) is 22.0 Å². The van der Waals surface area contributed by atoms with Gasteiger partial charge in [-0.25, -0.2) is 8.78 Å². The summed E-state index contributed by atoms with van der Waals surface area (Å²) in [4.78, 5) is 31.5. The SMILES string of the molecule is NC(=O)C(c1ccc(F)c(F)c1)N1C(=O)C(c2ccc(C(F)(F)F)cc2)=NC12CCCC2. The van der Waals surface area contributed by atoms with Crippen LogP contribution in [0.25, 0.3) is 0 Å². The third-order valence-electron chi connectivity index (χ3n) is 5.87. The third kappa shape index (κ3) is 3.63. The number of amides is 2. The fourth-order valence-corrected chi connectivity index (χ4v) is 4.39. The molecule has 1 atom stereocenters. The second-order valence-electron chi connectivity index (χ2n) is 7.88. The molecule has 1 saturated carbocycles. The number of rotatable bonds is 4. The normalized spacial score (nSPS) is 18.8. The van der Waals surface area contributed by atoms with Gasteiger partial charge in [-0.05, 0) is 55.5 Å². The molecule has 10 heteroatoms. The van der Waals surface area contributed by atoms with E-state index in [1.54, 1.807) is 0 Å². The Kier molecular flexibility index (Phi) is 5.26. The summed E-state index contributed by atoms with van der Waals surface area (Å²) >= 11 is 0. The van der Waals surface area contributed by atoms with Crippen molar-refractivity contribution in [2.75, 3.05) is 0 Å². The summed E-state index contributed by atoms with van der Waals surface area (Å²) < 4.78 is 66.0. The molecule has 168 valence electrons. The maximum Gasteiger partial charge on any atom is 0.416 e. The maximum atomic E-state index is 13.9. The Hall–Kier alpha value is -3.30. The van der Waals surface area contributed by atoms with Crippen molar-refractivity contribution in [1.82, 2.24) is 4.90 Å². The van der Waals surface area contributed by atoms with E-state index >= 15 is 0 Å². The number of primary amides is 1. The molecule has 1 unspecified atom stereocenters. The first-order valence-electron chi connectivity index (χ1n) is 9.89. The Morgan fingerprint density at radius 2 is 1.66 bits per heavy atom. The molecule has 5 nitrogen and oxygen atoms in total. The van der Waals surface area contributed by atoms with Crippen LogP contribution in [0.5, 0.6) is 0 Å². The van der Waals surface area contributed by atoms with Crippen LogP contribution in [0.2, 0.25) is 0 Å². The molecule has 2 N–H and O–H groups in total. The molecular formula is C22H18F5N3O2. The van der Waals surface area contributed by atoms with E-state index in [0.717, 1.165) is 36.4 Å². The van der Waals surface area contributed by atoms with Gasteiger partial charge in [0.15, 0.2) is 11.6 Å². The fraction of sp³-hybridized carbons (Fsp3) is 0.318. The molecule has 1 aliphatic carbocycles. The fourth-order valence-electron chi connectivity index (χ4n) is 4.39. The van der Waals surface area contributed by atoms with E-state index in [-0.39, 0.29) is 16.8 Å². The van der Waals surface area contributed by atoms with Crippen molar-refractivity contribution in [3.8, 4) is 0 Å². The van der Waals surface area contributed by atoms with Gasteiger partial charge in [0.1, 0.15) is 17.4 Å². The van der Waals surface area contributed by atoms with E-state index in [1.807, 2.05) is 0 Å². The second-order valence-corrected chi connectivity index (χ2v) is 7.88. The highest BCUT2D eigenvalue weighted by Gasteiger charge is 2.53. The molecule has 32 heavy (non-hydrogen) atoms. The molecule has 2 aliphatic rings. The predicted molar refractivity (Wildman–Crippen MR) is 104 cm³/mol. The first kappa shape index (κ1) is 21.9. The summed E-state index contributed by atoms with van der Waals surface area (Å²) in [6.07, 6.45) is -2.36. The van der Waals surface area contributed by atoms with Crippen molar-refractivity contribution in [2.45, 2.75) is 43.6 Å². The number of carbonyl (C=O) groups excluding carboxylic acids is 2. The van der Waals surface area contributed by atoms with Crippen molar-refractivity contribution >= 4 is 17.5 Å². The van der Waals surface area contributed by atoms with Gasteiger partial charge in [-0.3, -0.25) is 19.5 Å².